The molecular formula is C22H19NO2. The maximum Gasteiger partial charge on any atom is 0.195 e. The number of ketones is 2. The first kappa shape index (κ1) is 15.6. The minimum atomic E-state index is -0.0701. The van der Waals surface area contributed by atoms with Crippen LogP contribution >= 0.6 is 0 Å². The maximum atomic E-state index is 13.2. The Bertz CT molecular complexity index is 953. The van der Waals surface area contributed by atoms with Crippen LogP contribution in [0.15, 0.2) is 60.7 Å². The minimum absolute atomic E-state index is 0.0568. The van der Waals surface area contributed by atoms with E-state index in [0.717, 1.165) is 30.8 Å². The summed E-state index contributed by atoms with van der Waals surface area (Å²) in [6, 6.07) is 18.4. The molecule has 25 heavy (non-hydrogen) atoms. The molecule has 0 atom stereocenters. The Morgan fingerprint density at radius 2 is 1.32 bits per heavy atom. The van der Waals surface area contributed by atoms with Crippen molar-refractivity contribution >= 4 is 11.6 Å². The van der Waals surface area contributed by atoms with Gasteiger partial charge >= 0.3 is 0 Å². The van der Waals surface area contributed by atoms with Crippen LogP contribution in [0, 0.1) is 6.92 Å². The molecule has 0 saturated heterocycles. The Morgan fingerprint density at radius 3 is 1.88 bits per heavy atom. The van der Waals surface area contributed by atoms with E-state index >= 15 is 0 Å². The lowest BCUT2D eigenvalue weighted by Gasteiger charge is -2.07. The van der Waals surface area contributed by atoms with Gasteiger partial charge in [0.2, 0.25) is 0 Å². The van der Waals surface area contributed by atoms with E-state index in [0.29, 0.717) is 22.3 Å². The molecule has 0 amide bonds. The van der Waals surface area contributed by atoms with Crippen molar-refractivity contribution in [2.45, 2.75) is 26.3 Å². The highest BCUT2D eigenvalue weighted by Gasteiger charge is 2.31. The number of rotatable bonds is 4. The summed E-state index contributed by atoms with van der Waals surface area (Å²) in [6.07, 6.45) is 1.86. The third kappa shape index (κ3) is 2.52. The summed E-state index contributed by atoms with van der Waals surface area (Å²) in [5, 5.41) is 0. The van der Waals surface area contributed by atoms with Gasteiger partial charge in [-0.15, -0.1) is 0 Å². The highest BCUT2D eigenvalue weighted by Crippen LogP contribution is 2.32. The molecular weight excluding hydrogens is 310 g/mol. The van der Waals surface area contributed by atoms with Crippen molar-refractivity contribution in [3.8, 4) is 0 Å². The molecule has 124 valence electrons. The van der Waals surface area contributed by atoms with Gasteiger partial charge in [-0.3, -0.25) is 9.59 Å². The van der Waals surface area contributed by atoms with Gasteiger partial charge in [0.15, 0.2) is 11.6 Å². The second-order valence-corrected chi connectivity index (χ2v) is 6.43. The molecule has 0 aliphatic carbocycles. The van der Waals surface area contributed by atoms with Crippen LogP contribution in [0.2, 0.25) is 0 Å². The Labute approximate surface area is 146 Å². The molecule has 3 nitrogen and oxygen atoms in total. The first-order chi connectivity index (χ1) is 12.2. The minimum Gasteiger partial charge on any atom is -0.347 e. The summed E-state index contributed by atoms with van der Waals surface area (Å²) in [5.74, 6) is -0.127. The number of aromatic nitrogens is 1. The fourth-order valence-electron chi connectivity index (χ4n) is 3.75. The summed E-state index contributed by atoms with van der Waals surface area (Å²) in [7, 11) is 0. The number of hydrogen-bond acceptors (Lipinski definition) is 2. The van der Waals surface area contributed by atoms with Crippen LogP contribution in [0.4, 0.5) is 0 Å². The smallest absolute Gasteiger partial charge is 0.195 e. The zero-order valence-electron chi connectivity index (χ0n) is 14.2. The first-order valence-corrected chi connectivity index (χ1v) is 8.60. The van der Waals surface area contributed by atoms with Gasteiger partial charge in [-0.1, -0.05) is 60.7 Å². The zero-order chi connectivity index (χ0) is 17.4. The summed E-state index contributed by atoms with van der Waals surface area (Å²) < 4.78 is 2.15. The molecule has 0 saturated carbocycles. The molecule has 0 fully saturated rings. The predicted molar refractivity (Wildman–Crippen MR) is 97.2 cm³/mol. The fraction of sp³-hybridized carbons (Fsp3) is 0.182. The van der Waals surface area contributed by atoms with Crippen LogP contribution in [-0.2, 0) is 13.0 Å². The average molecular weight is 329 g/mol. The van der Waals surface area contributed by atoms with Crippen molar-refractivity contribution in [1.29, 1.82) is 0 Å². The molecule has 1 aliphatic rings. The monoisotopic (exact) mass is 329 g/mol. The van der Waals surface area contributed by atoms with E-state index in [-0.39, 0.29) is 11.6 Å². The summed E-state index contributed by atoms with van der Waals surface area (Å²) in [6.45, 7) is 2.82. The van der Waals surface area contributed by atoms with Crippen molar-refractivity contribution in [1.82, 2.24) is 4.57 Å². The second-order valence-electron chi connectivity index (χ2n) is 6.43. The summed E-state index contributed by atoms with van der Waals surface area (Å²) in [5.41, 5.74) is 4.32. The number of benzene rings is 2. The molecule has 4 rings (SSSR count). The van der Waals surface area contributed by atoms with E-state index < -0.39 is 0 Å². The van der Waals surface area contributed by atoms with Gasteiger partial charge in [0.05, 0.1) is 11.1 Å². The van der Waals surface area contributed by atoms with Crippen LogP contribution in [0.3, 0.4) is 0 Å². The number of nitrogens with zero attached hydrogens (tertiary/aromatic N) is 1. The lowest BCUT2D eigenvalue weighted by Crippen LogP contribution is -2.11. The van der Waals surface area contributed by atoms with Gasteiger partial charge in [0.25, 0.3) is 0 Å². The van der Waals surface area contributed by atoms with Crippen LogP contribution in [0.5, 0.6) is 0 Å². The first-order valence-electron chi connectivity index (χ1n) is 8.60. The Kier molecular flexibility index (Phi) is 3.85. The molecule has 0 radical (unpaired) electrons. The molecule has 2 heterocycles. The van der Waals surface area contributed by atoms with E-state index in [1.54, 1.807) is 12.1 Å². The Morgan fingerprint density at radius 1 is 0.800 bits per heavy atom. The summed E-state index contributed by atoms with van der Waals surface area (Å²) in [4.78, 5) is 26.4. The number of carbonyl (C=O) groups is 2. The van der Waals surface area contributed by atoms with Gasteiger partial charge in [-0.2, -0.15) is 0 Å². The number of hydrogen-bond donors (Lipinski definition) is 0. The second kappa shape index (κ2) is 6.17. The van der Waals surface area contributed by atoms with Crippen LogP contribution < -0.4 is 0 Å². The van der Waals surface area contributed by atoms with Gasteiger partial charge in [-0.05, 0) is 19.8 Å². The molecule has 0 bridgehead atoms. The number of carbonyl (C=O) groups excluding carboxylic acids is 2. The molecule has 0 N–H and O–H groups in total. The van der Waals surface area contributed by atoms with Gasteiger partial charge in [-0.25, -0.2) is 0 Å². The van der Waals surface area contributed by atoms with Crippen LogP contribution in [0.1, 0.15) is 49.7 Å². The Hall–Kier alpha value is -2.94. The normalized spacial score (nSPS) is 12.8. The topological polar surface area (TPSA) is 39.1 Å². The number of fused-ring (bicyclic) bond motifs is 1. The van der Waals surface area contributed by atoms with Crippen molar-refractivity contribution in [2.75, 3.05) is 0 Å². The highest BCUT2D eigenvalue weighted by atomic mass is 16.1. The van der Waals surface area contributed by atoms with Gasteiger partial charge < -0.3 is 4.57 Å². The zero-order valence-corrected chi connectivity index (χ0v) is 14.2. The third-order valence-corrected chi connectivity index (χ3v) is 4.95. The fourth-order valence-corrected chi connectivity index (χ4v) is 3.75. The molecule has 1 aromatic heterocycles. The lowest BCUT2D eigenvalue weighted by molar-refractivity contribution is 0.100. The van der Waals surface area contributed by atoms with Crippen molar-refractivity contribution in [3.63, 3.8) is 0 Å². The maximum absolute atomic E-state index is 13.2. The molecule has 2 aromatic carbocycles. The van der Waals surface area contributed by atoms with Crippen LogP contribution in [0.25, 0.3) is 0 Å². The molecule has 0 spiro atoms. The van der Waals surface area contributed by atoms with Crippen molar-refractivity contribution in [3.05, 3.63) is 94.3 Å². The molecule has 3 heteroatoms. The van der Waals surface area contributed by atoms with Crippen molar-refractivity contribution < 1.29 is 9.59 Å². The van der Waals surface area contributed by atoms with E-state index in [1.807, 2.05) is 55.5 Å². The van der Waals surface area contributed by atoms with Gasteiger partial charge in [0, 0.05) is 29.1 Å². The standard InChI is InChI=1S/C22H19NO2/c1-15-19(21(24)16-9-4-2-5-10-16)20(18-13-8-14-23(15)18)22(25)17-11-6-3-7-12-17/h2-7,9-12H,8,13-14H2,1H3. The average Bonchev–Trinajstić information content (AvgIpc) is 3.24. The molecule has 1 aliphatic heterocycles. The predicted octanol–water partition coefficient (Wildman–Crippen LogP) is 4.20. The van der Waals surface area contributed by atoms with Crippen molar-refractivity contribution in [2.24, 2.45) is 0 Å². The molecule has 3 aromatic rings. The summed E-state index contributed by atoms with van der Waals surface area (Å²) >= 11 is 0. The lowest BCUT2D eigenvalue weighted by atomic mass is 9.93. The highest BCUT2D eigenvalue weighted by molar-refractivity contribution is 6.21. The van der Waals surface area contributed by atoms with E-state index in [9.17, 15) is 9.59 Å². The quantitative estimate of drug-likeness (QED) is 0.673. The SMILES string of the molecule is Cc1c(C(=O)c2ccccc2)c(C(=O)c2ccccc2)c2n1CCC2. The largest absolute Gasteiger partial charge is 0.347 e. The van der Waals surface area contributed by atoms with E-state index in [1.165, 1.54) is 0 Å². The van der Waals surface area contributed by atoms with Crippen LogP contribution in [-0.4, -0.2) is 16.1 Å². The van der Waals surface area contributed by atoms with E-state index in [4.69, 9.17) is 0 Å². The Balaban J connectivity index is 1.90. The molecule has 0 unspecified atom stereocenters. The van der Waals surface area contributed by atoms with Gasteiger partial charge in [0.1, 0.15) is 0 Å². The third-order valence-electron chi connectivity index (χ3n) is 4.95. The van der Waals surface area contributed by atoms with E-state index in [2.05, 4.69) is 4.57 Å².